The van der Waals surface area contributed by atoms with Crippen LogP contribution < -0.4 is 4.74 Å². The zero-order chi connectivity index (χ0) is 16.1. The van der Waals surface area contributed by atoms with E-state index >= 15 is 0 Å². The fraction of sp³-hybridized carbons (Fsp3) is 0.467. The van der Waals surface area contributed by atoms with E-state index in [1.54, 1.807) is 38.4 Å². The number of esters is 1. The van der Waals surface area contributed by atoms with Gasteiger partial charge in [0.05, 0.1) is 7.11 Å². The number of nitrogens with zero attached hydrogens (tertiary/aromatic N) is 1. The summed E-state index contributed by atoms with van der Waals surface area (Å²) in [5.41, 5.74) is 0.452. The van der Waals surface area contributed by atoms with Crippen LogP contribution in [0.3, 0.4) is 0 Å². The fourth-order valence-corrected chi connectivity index (χ4v) is 2.26. The van der Waals surface area contributed by atoms with Crippen molar-refractivity contribution in [1.82, 2.24) is 4.90 Å². The summed E-state index contributed by atoms with van der Waals surface area (Å²) in [4.78, 5) is 25.7. The largest absolute Gasteiger partial charge is 0.497 e. The lowest BCUT2D eigenvalue weighted by Crippen LogP contribution is -2.47. The van der Waals surface area contributed by atoms with E-state index in [0.717, 1.165) is 0 Å². The van der Waals surface area contributed by atoms with Crippen molar-refractivity contribution in [2.75, 3.05) is 34.7 Å². The first-order valence-corrected chi connectivity index (χ1v) is 6.77. The normalized spacial score (nSPS) is 20.6. The zero-order valence-corrected chi connectivity index (χ0v) is 12.8. The molecule has 0 spiro atoms. The molecule has 1 aliphatic rings. The monoisotopic (exact) mass is 309 g/mol. The highest BCUT2D eigenvalue weighted by molar-refractivity contribution is 5.97. The molecule has 2 atom stereocenters. The van der Waals surface area contributed by atoms with Crippen molar-refractivity contribution < 1.29 is 28.5 Å². The quantitative estimate of drug-likeness (QED) is 0.568. The predicted octanol–water partition coefficient (Wildman–Crippen LogP) is 0.682. The highest BCUT2D eigenvalue weighted by Gasteiger charge is 2.42. The molecule has 0 bridgehead atoms. The molecule has 0 saturated carbocycles. The molecule has 1 saturated heterocycles. The highest BCUT2D eigenvalue weighted by atomic mass is 16.7. The average molecular weight is 309 g/mol. The van der Waals surface area contributed by atoms with Crippen molar-refractivity contribution in [2.45, 2.75) is 12.1 Å². The lowest BCUT2D eigenvalue weighted by molar-refractivity contribution is -0.141. The minimum atomic E-state index is -0.787. The third-order valence-corrected chi connectivity index (χ3v) is 3.46. The van der Waals surface area contributed by atoms with Crippen LogP contribution in [0, 0.1) is 0 Å². The van der Waals surface area contributed by atoms with Gasteiger partial charge in [-0.15, -0.1) is 0 Å². The molecule has 1 heterocycles. The van der Waals surface area contributed by atoms with Gasteiger partial charge in [-0.2, -0.15) is 0 Å². The maximum absolute atomic E-state index is 12.5. The third kappa shape index (κ3) is 3.37. The molecule has 1 fully saturated rings. The Kier molecular flexibility index (Phi) is 5.35. The molecule has 7 heteroatoms. The van der Waals surface area contributed by atoms with E-state index in [2.05, 4.69) is 0 Å². The molecule has 1 aromatic carbocycles. The second kappa shape index (κ2) is 7.24. The molecular formula is C15H19NO6. The second-order valence-electron chi connectivity index (χ2n) is 4.83. The summed E-state index contributed by atoms with van der Waals surface area (Å²) in [6, 6.07) is 5.87. The van der Waals surface area contributed by atoms with Crippen molar-refractivity contribution >= 4 is 11.9 Å². The first-order valence-electron chi connectivity index (χ1n) is 6.77. The summed E-state index contributed by atoms with van der Waals surface area (Å²) in [6.07, 6.45) is -0.542. The fourth-order valence-electron chi connectivity index (χ4n) is 2.26. The molecule has 0 radical (unpaired) electrons. The summed E-state index contributed by atoms with van der Waals surface area (Å²) in [5, 5.41) is 0. The zero-order valence-electron chi connectivity index (χ0n) is 12.8. The molecule has 0 N–H and O–H groups in total. The predicted molar refractivity (Wildman–Crippen MR) is 76.6 cm³/mol. The Morgan fingerprint density at radius 2 is 2.00 bits per heavy atom. The van der Waals surface area contributed by atoms with Crippen LogP contribution in [-0.4, -0.2) is 63.6 Å². The van der Waals surface area contributed by atoms with E-state index in [1.807, 2.05) is 0 Å². The van der Waals surface area contributed by atoms with Crippen LogP contribution in [0.15, 0.2) is 24.3 Å². The number of carbonyl (C=O) groups is 2. The standard InChI is InChI=1S/C15H19NO6/c1-16(13-12(22-9-19-2)8-21-15(13)18)14(17)10-4-6-11(20-3)7-5-10/h4-7,12-13H,8-9H2,1-3H3/t12-,13?/m0/s1. The number of ether oxygens (including phenoxy) is 4. The number of hydrogen-bond donors (Lipinski definition) is 0. The molecule has 1 unspecified atom stereocenters. The molecule has 0 aromatic heterocycles. The van der Waals surface area contributed by atoms with Crippen LogP contribution in [0.5, 0.6) is 5.75 Å². The Morgan fingerprint density at radius 3 is 2.59 bits per heavy atom. The third-order valence-electron chi connectivity index (χ3n) is 3.46. The number of rotatable bonds is 6. The van der Waals surface area contributed by atoms with Crippen molar-refractivity contribution in [2.24, 2.45) is 0 Å². The van der Waals surface area contributed by atoms with Crippen LogP contribution in [0.2, 0.25) is 0 Å². The van der Waals surface area contributed by atoms with Crippen LogP contribution in [0.1, 0.15) is 10.4 Å². The van der Waals surface area contributed by atoms with Gasteiger partial charge in [0.1, 0.15) is 25.3 Å². The topological polar surface area (TPSA) is 74.3 Å². The van der Waals surface area contributed by atoms with Gasteiger partial charge in [0.2, 0.25) is 0 Å². The summed E-state index contributed by atoms with van der Waals surface area (Å²) in [5.74, 6) is -0.122. The van der Waals surface area contributed by atoms with Crippen LogP contribution >= 0.6 is 0 Å². The van der Waals surface area contributed by atoms with E-state index in [1.165, 1.54) is 12.0 Å². The Labute approximate surface area is 128 Å². The smallest absolute Gasteiger partial charge is 0.331 e. The van der Waals surface area contributed by atoms with Crippen molar-refractivity contribution in [3.63, 3.8) is 0 Å². The number of cyclic esters (lactones) is 1. The molecule has 1 aliphatic heterocycles. The van der Waals surface area contributed by atoms with Crippen molar-refractivity contribution in [3.05, 3.63) is 29.8 Å². The molecule has 22 heavy (non-hydrogen) atoms. The second-order valence-corrected chi connectivity index (χ2v) is 4.83. The molecule has 2 rings (SSSR count). The van der Waals surface area contributed by atoms with E-state index in [0.29, 0.717) is 11.3 Å². The Morgan fingerprint density at radius 1 is 1.32 bits per heavy atom. The molecular weight excluding hydrogens is 290 g/mol. The average Bonchev–Trinajstić information content (AvgIpc) is 2.92. The number of hydrogen-bond acceptors (Lipinski definition) is 6. The van der Waals surface area contributed by atoms with Gasteiger partial charge >= 0.3 is 5.97 Å². The van der Waals surface area contributed by atoms with Gasteiger partial charge < -0.3 is 23.8 Å². The Hall–Kier alpha value is -2.12. The van der Waals surface area contributed by atoms with Gasteiger partial charge in [-0.1, -0.05) is 0 Å². The highest BCUT2D eigenvalue weighted by Crippen LogP contribution is 2.20. The summed E-state index contributed by atoms with van der Waals surface area (Å²) >= 11 is 0. The van der Waals surface area contributed by atoms with Gasteiger partial charge in [-0.05, 0) is 24.3 Å². The van der Waals surface area contributed by atoms with E-state index in [9.17, 15) is 9.59 Å². The molecule has 120 valence electrons. The van der Waals surface area contributed by atoms with Crippen LogP contribution in [0.4, 0.5) is 0 Å². The van der Waals surface area contributed by atoms with E-state index in [-0.39, 0.29) is 19.3 Å². The number of methoxy groups -OCH3 is 2. The first kappa shape index (κ1) is 16.3. The molecule has 7 nitrogen and oxygen atoms in total. The number of benzene rings is 1. The summed E-state index contributed by atoms with van der Waals surface area (Å²) in [6.45, 7) is 0.134. The summed E-state index contributed by atoms with van der Waals surface area (Å²) in [7, 11) is 4.58. The maximum atomic E-state index is 12.5. The molecule has 1 amide bonds. The minimum Gasteiger partial charge on any atom is -0.497 e. The van der Waals surface area contributed by atoms with E-state index in [4.69, 9.17) is 18.9 Å². The van der Waals surface area contributed by atoms with Gasteiger partial charge in [0, 0.05) is 19.7 Å². The first-order chi connectivity index (χ1) is 10.6. The lowest BCUT2D eigenvalue weighted by atomic mass is 10.1. The lowest BCUT2D eigenvalue weighted by Gasteiger charge is -2.26. The van der Waals surface area contributed by atoms with Crippen LogP contribution in [0.25, 0.3) is 0 Å². The Balaban J connectivity index is 2.11. The van der Waals surface area contributed by atoms with Gasteiger partial charge in [-0.25, -0.2) is 4.79 Å². The minimum absolute atomic E-state index is 0.0301. The van der Waals surface area contributed by atoms with Gasteiger partial charge in [0.15, 0.2) is 6.04 Å². The van der Waals surface area contributed by atoms with Crippen molar-refractivity contribution in [1.29, 1.82) is 0 Å². The molecule has 1 aromatic rings. The Bertz CT molecular complexity index is 529. The number of likely N-dealkylation sites (N-methyl/N-ethyl adjacent to an activating group) is 1. The van der Waals surface area contributed by atoms with E-state index < -0.39 is 18.1 Å². The van der Waals surface area contributed by atoms with Gasteiger partial charge in [-0.3, -0.25) is 4.79 Å². The number of carbonyl (C=O) groups excluding carboxylic acids is 2. The van der Waals surface area contributed by atoms with Crippen LogP contribution in [-0.2, 0) is 19.0 Å². The SMILES string of the molecule is COCO[C@H]1COC(=O)C1N(C)C(=O)c1ccc(OC)cc1. The van der Waals surface area contributed by atoms with Gasteiger partial charge in [0.25, 0.3) is 5.91 Å². The summed E-state index contributed by atoms with van der Waals surface area (Å²) < 4.78 is 20.3. The maximum Gasteiger partial charge on any atom is 0.331 e. The van der Waals surface area contributed by atoms with Crippen molar-refractivity contribution in [3.8, 4) is 5.75 Å². The number of amides is 1. The molecule has 0 aliphatic carbocycles.